The van der Waals surface area contributed by atoms with E-state index >= 15 is 0 Å². The summed E-state index contributed by atoms with van der Waals surface area (Å²) in [5.41, 5.74) is 5.45. The Hall–Kier alpha value is -5.60. The van der Waals surface area contributed by atoms with Gasteiger partial charge >= 0.3 is 0 Å². The standard InChI is InChI=1S/C40H37N3O4S/c1-4-47-33-22-18-29(19-23-33)26-35(42-38(44)31-16-9-6-10-17-31)39(45)41-32-20-24-34(25-21-32)48-37(30-14-7-5-8-15-30)40(46)43-36-27(2)12-11-13-28(36)3/h5-26,37H,4H2,1-3H3,(H,41,45)(H,42,44)(H,43,46)/b35-26-. The molecule has 3 amide bonds. The molecule has 1 atom stereocenters. The van der Waals surface area contributed by atoms with Gasteiger partial charge in [0.25, 0.3) is 11.8 Å². The maximum Gasteiger partial charge on any atom is 0.272 e. The summed E-state index contributed by atoms with van der Waals surface area (Å²) in [6.07, 6.45) is 1.62. The predicted octanol–water partition coefficient (Wildman–Crippen LogP) is 8.58. The van der Waals surface area contributed by atoms with E-state index in [0.717, 1.165) is 32.8 Å². The maximum absolute atomic E-state index is 13.7. The van der Waals surface area contributed by atoms with Gasteiger partial charge in [-0.25, -0.2) is 0 Å². The Morgan fingerprint density at radius 2 is 1.35 bits per heavy atom. The van der Waals surface area contributed by atoms with Gasteiger partial charge in [0.1, 0.15) is 16.7 Å². The fraction of sp³-hybridized carbons (Fsp3) is 0.125. The average molecular weight is 656 g/mol. The smallest absolute Gasteiger partial charge is 0.272 e. The number of thioether (sulfide) groups is 1. The molecule has 0 bridgehead atoms. The molecule has 5 aromatic rings. The first-order valence-corrected chi connectivity index (χ1v) is 16.5. The first-order chi connectivity index (χ1) is 23.3. The van der Waals surface area contributed by atoms with E-state index in [4.69, 9.17) is 4.74 Å². The summed E-state index contributed by atoms with van der Waals surface area (Å²) in [5.74, 6) is -0.298. The molecule has 0 radical (unpaired) electrons. The van der Waals surface area contributed by atoms with Gasteiger partial charge in [0, 0.05) is 21.8 Å². The molecular weight excluding hydrogens is 619 g/mol. The maximum atomic E-state index is 13.7. The number of nitrogens with one attached hydrogen (secondary N) is 3. The lowest BCUT2D eigenvalue weighted by molar-refractivity contribution is -0.116. The topological polar surface area (TPSA) is 96.5 Å². The number of para-hydroxylation sites is 1. The van der Waals surface area contributed by atoms with Gasteiger partial charge in [-0.1, -0.05) is 78.9 Å². The van der Waals surface area contributed by atoms with Crippen molar-refractivity contribution in [1.82, 2.24) is 5.32 Å². The highest BCUT2D eigenvalue weighted by Crippen LogP contribution is 2.37. The molecule has 8 heteroatoms. The van der Waals surface area contributed by atoms with Crippen molar-refractivity contribution in [1.29, 1.82) is 0 Å². The number of amides is 3. The average Bonchev–Trinajstić information content (AvgIpc) is 3.11. The van der Waals surface area contributed by atoms with Crippen molar-refractivity contribution in [2.45, 2.75) is 30.9 Å². The first kappa shape index (κ1) is 33.8. The monoisotopic (exact) mass is 655 g/mol. The van der Waals surface area contributed by atoms with Crippen LogP contribution in [0.3, 0.4) is 0 Å². The van der Waals surface area contributed by atoms with Gasteiger partial charge in [0.15, 0.2) is 0 Å². The Balaban J connectivity index is 1.34. The van der Waals surface area contributed by atoms with E-state index in [1.165, 1.54) is 11.8 Å². The van der Waals surface area contributed by atoms with Crippen LogP contribution in [-0.4, -0.2) is 24.3 Å². The van der Waals surface area contributed by atoms with Crippen molar-refractivity contribution in [2.24, 2.45) is 0 Å². The summed E-state index contributed by atoms with van der Waals surface area (Å²) in [5, 5.41) is 8.29. The largest absolute Gasteiger partial charge is 0.494 e. The fourth-order valence-corrected chi connectivity index (χ4v) is 6.01. The van der Waals surface area contributed by atoms with Crippen molar-refractivity contribution < 1.29 is 19.1 Å². The van der Waals surface area contributed by atoms with E-state index in [-0.39, 0.29) is 11.6 Å². The lowest BCUT2D eigenvalue weighted by atomic mass is 10.1. The molecule has 0 spiro atoms. The van der Waals surface area contributed by atoms with Crippen molar-refractivity contribution in [3.8, 4) is 5.75 Å². The minimum absolute atomic E-state index is 0.0822. The van der Waals surface area contributed by atoms with Crippen LogP contribution < -0.4 is 20.7 Å². The van der Waals surface area contributed by atoms with Crippen molar-refractivity contribution in [3.05, 3.63) is 161 Å². The summed E-state index contributed by atoms with van der Waals surface area (Å²) in [6, 6.07) is 38.8. The fourth-order valence-electron chi connectivity index (χ4n) is 4.99. The number of hydrogen-bond acceptors (Lipinski definition) is 5. The third kappa shape index (κ3) is 9.02. The number of rotatable bonds is 12. The first-order valence-electron chi connectivity index (χ1n) is 15.6. The zero-order chi connectivity index (χ0) is 33.9. The van der Waals surface area contributed by atoms with Crippen molar-refractivity contribution >= 4 is 46.9 Å². The van der Waals surface area contributed by atoms with Crippen LogP contribution in [0.5, 0.6) is 5.75 Å². The molecular formula is C40H37N3O4S. The lowest BCUT2D eigenvalue weighted by Gasteiger charge is -2.19. The second-order valence-electron chi connectivity index (χ2n) is 11.0. The summed E-state index contributed by atoms with van der Waals surface area (Å²) in [6.45, 7) is 6.41. The molecule has 5 aromatic carbocycles. The molecule has 0 fully saturated rings. The van der Waals surface area contributed by atoms with Crippen molar-refractivity contribution in [3.63, 3.8) is 0 Å². The summed E-state index contributed by atoms with van der Waals surface area (Å²) in [7, 11) is 0. The molecule has 0 aliphatic rings. The molecule has 3 N–H and O–H groups in total. The number of carbonyl (C=O) groups excluding carboxylic acids is 3. The molecule has 242 valence electrons. The molecule has 1 unspecified atom stereocenters. The molecule has 0 heterocycles. The Kier molecular flexibility index (Phi) is 11.5. The zero-order valence-corrected chi connectivity index (χ0v) is 27.8. The number of hydrogen-bond donors (Lipinski definition) is 3. The summed E-state index contributed by atoms with van der Waals surface area (Å²) < 4.78 is 5.53. The van der Waals surface area contributed by atoms with Gasteiger partial charge in [0.05, 0.1) is 6.61 Å². The quantitative estimate of drug-likeness (QED) is 0.0924. The number of anilines is 2. The molecule has 0 aliphatic carbocycles. The Bertz CT molecular complexity index is 1870. The highest BCUT2D eigenvalue weighted by molar-refractivity contribution is 8.00. The Morgan fingerprint density at radius 1 is 0.729 bits per heavy atom. The van der Waals surface area contributed by atoms with Gasteiger partial charge in [-0.3, -0.25) is 14.4 Å². The number of ether oxygens (including phenoxy) is 1. The van der Waals surface area contributed by atoms with Crippen molar-refractivity contribution in [2.75, 3.05) is 17.2 Å². The van der Waals surface area contributed by atoms with E-state index in [9.17, 15) is 14.4 Å². The SMILES string of the molecule is CCOc1ccc(/C=C(\NC(=O)c2ccccc2)C(=O)Nc2ccc(SC(C(=O)Nc3c(C)cccc3C)c3ccccc3)cc2)cc1. The highest BCUT2D eigenvalue weighted by Gasteiger charge is 2.23. The molecule has 0 aromatic heterocycles. The second-order valence-corrected chi connectivity index (χ2v) is 12.2. The van der Waals surface area contributed by atoms with Crippen LogP contribution in [0.1, 0.15) is 44.8 Å². The van der Waals surface area contributed by atoms with Crippen LogP contribution in [-0.2, 0) is 9.59 Å². The Labute approximate surface area is 285 Å². The minimum Gasteiger partial charge on any atom is -0.494 e. The van der Waals surface area contributed by atoms with Gasteiger partial charge in [0.2, 0.25) is 5.91 Å². The van der Waals surface area contributed by atoms with Crippen LogP contribution in [0.25, 0.3) is 6.08 Å². The lowest BCUT2D eigenvalue weighted by Crippen LogP contribution is -2.30. The van der Waals surface area contributed by atoms with E-state index in [0.29, 0.717) is 23.6 Å². The second kappa shape index (κ2) is 16.3. The van der Waals surface area contributed by atoms with E-state index in [1.54, 1.807) is 42.5 Å². The molecule has 0 aliphatic heterocycles. The van der Waals surface area contributed by atoms with Gasteiger partial charge in [-0.15, -0.1) is 11.8 Å². The van der Waals surface area contributed by atoms with Gasteiger partial charge in [-0.05, 0) is 97.6 Å². The number of carbonyl (C=O) groups is 3. The number of benzene rings is 5. The molecule has 0 saturated carbocycles. The molecule has 0 saturated heterocycles. The minimum atomic E-state index is -0.512. The van der Waals surface area contributed by atoms with Gasteiger partial charge in [-0.2, -0.15) is 0 Å². The van der Waals surface area contributed by atoms with Crippen LogP contribution in [0.2, 0.25) is 0 Å². The van der Waals surface area contributed by atoms with Crippen LogP contribution in [0, 0.1) is 13.8 Å². The van der Waals surface area contributed by atoms with Crippen LogP contribution in [0.15, 0.2) is 138 Å². The molecule has 5 rings (SSSR count). The number of aryl methyl sites for hydroxylation is 2. The zero-order valence-electron chi connectivity index (χ0n) is 27.0. The normalized spacial score (nSPS) is 11.7. The summed E-state index contributed by atoms with van der Waals surface area (Å²) in [4.78, 5) is 41.1. The Morgan fingerprint density at radius 3 is 1.98 bits per heavy atom. The summed E-state index contributed by atoms with van der Waals surface area (Å²) >= 11 is 1.42. The highest BCUT2D eigenvalue weighted by atomic mass is 32.2. The van der Waals surface area contributed by atoms with E-state index in [1.807, 2.05) is 112 Å². The molecule has 7 nitrogen and oxygen atoms in total. The molecule has 48 heavy (non-hydrogen) atoms. The van der Waals surface area contributed by atoms with Crippen LogP contribution in [0.4, 0.5) is 11.4 Å². The van der Waals surface area contributed by atoms with Gasteiger partial charge < -0.3 is 20.7 Å². The third-order valence-electron chi connectivity index (χ3n) is 7.47. The van der Waals surface area contributed by atoms with Crippen LogP contribution >= 0.6 is 11.8 Å². The van der Waals surface area contributed by atoms with E-state index in [2.05, 4.69) is 16.0 Å². The predicted molar refractivity (Wildman–Crippen MR) is 194 cm³/mol. The van der Waals surface area contributed by atoms with E-state index < -0.39 is 17.1 Å². The third-order valence-corrected chi connectivity index (χ3v) is 8.73.